The van der Waals surface area contributed by atoms with E-state index in [1.807, 2.05) is 0 Å². The third kappa shape index (κ3) is 7.09. The Labute approximate surface area is 125 Å². The molecule has 1 rings (SSSR count). The standard InChI is InChI=1S/C19H32O/c1-17-9-5-4-6-13-19(3,15-16-20)14-8-12-18(2)11-7-10-17/h6,10,12-13,20H,4-5,7-9,11,14-16H2,1-3H3/b13-6+,17-10+,18-12+. The van der Waals surface area contributed by atoms with Gasteiger partial charge in [0.2, 0.25) is 0 Å². The summed E-state index contributed by atoms with van der Waals surface area (Å²) in [6, 6.07) is 0. The second-order valence-electron chi connectivity index (χ2n) is 6.60. The van der Waals surface area contributed by atoms with Gasteiger partial charge >= 0.3 is 0 Å². The smallest absolute Gasteiger partial charge is 0.0439 e. The van der Waals surface area contributed by atoms with E-state index in [1.165, 1.54) is 36.8 Å². The van der Waals surface area contributed by atoms with E-state index in [0.717, 1.165) is 25.7 Å². The van der Waals surface area contributed by atoms with Crippen molar-refractivity contribution in [2.24, 2.45) is 5.41 Å². The molecule has 0 radical (unpaired) electrons. The summed E-state index contributed by atoms with van der Waals surface area (Å²) >= 11 is 0. The van der Waals surface area contributed by atoms with Crippen molar-refractivity contribution >= 4 is 0 Å². The molecular formula is C19H32O. The molecule has 0 heterocycles. The van der Waals surface area contributed by atoms with Gasteiger partial charge in [-0.3, -0.25) is 0 Å². The van der Waals surface area contributed by atoms with Crippen LogP contribution in [0.15, 0.2) is 35.5 Å². The lowest BCUT2D eigenvalue weighted by molar-refractivity contribution is 0.223. The van der Waals surface area contributed by atoms with Crippen molar-refractivity contribution in [1.29, 1.82) is 0 Å². The largest absolute Gasteiger partial charge is 0.396 e. The molecule has 0 aromatic carbocycles. The summed E-state index contributed by atoms with van der Waals surface area (Å²) < 4.78 is 0. The van der Waals surface area contributed by atoms with Crippen molar-refractivity contribution in [2.45, 2.75) is 72.1 Å². The van der Waals surface area contributed by atoms with E-state index in [1.54, 1.807) is 0 Å². The molecule has 114 valence electrons. The molecule has 0 fully saturated rings. The topological polar surface area (TPSA) is 20.2 Å². The zero-order valence-corrected chi connectivity index (χ0v) is 13.6. The molecule has 0 saturated heterocycles. The van der Waals surface area contributed by atoms with E-state index in [2.05, 4.69) is 45.1 Å². The summed E-state index contributed by atoms with van der Waals surface area (Å²) in [6.45, 7) is 7.06. The molecule has 1 unspecified atom stereocenters. The fraction of sp³-hybridized carbons (Fsp3) is 0.684. The summed E-state index contributed by atoms with van der Waals surface area (Å²) in [7, 11) is 0. The highest BCUT2D eigenvalue weighted by atomic mass is 16.3. The Bertz CT molecular complexity index is 362. The summed E-state index contributed by atoms with van der Waals surface area (Å²) in [5, 5.41) is 9.28. The summed E-state index contributed by atoms with van der Waals surface area (Å²) in [5.41, 5.74) is 3.18. The molecule has 0 aromatic rings. The summed E-state index contributed by atoms with van der Waals surface area (Å²) in [5.74, 6) is 0. The fourth-order valence-electron chi connectivity index (χ4n) is 2.81. The number of aliphatic hydroxyl groups is 1. The fourth-order valence-corrected chi connectivity index (χ4v) is 2.81. The second kappa shape index (κ2) is 9.18. The molecular weight excluding hydrogens is 244 g/mol. The van der Waals surface area contributed by atoms with E-state index in [0.29, 0.717) is 0 Å². The van der Waals surface area contributed by atoms with Gasteiger partial charge in [0.25, 0.3) is 0 Å². The van der Waals surface area contributed by atoms with Gasteiger partial charge in [0.1, 0.15) is 0 Å². The number of allylic oxidation sites excluding steroid dienone is 6. The maximum absolute atomic E-state index is 9.28. The zero-order chi connectivity index (χ0) is 14.8. The van der Waals surface area contributed by atoms with Crippen molar-refractivity contribution in [3.05, 3.63) is 35.5 Å². The van der Waals surface area contributed by atoms with Crippen LogP contribution in [-0.4, -0.2) is 11.7 Å². The van der Waals surface area contributed by atoms with Crippen LogP contribution in [0, 0.1) is 5.41 Å². The van der Waals surface area contributed by atoms with Crippen LogP contribution in [0.25, 0.3) is 0 Å². The Hall–Kier alpha value is -0.820. The molecule has 1 aliphatic carbocycles. The Balaban J connectivity index is 2.73. The third-order valence-corrected chi connectivity index (χ3v) is 4.38. The summed E-state index contributed by atoms with van der Waals surface area (Å²) in [6.07, 6.45) is 18.6. The molecule has 20 heavy (non-hydrogen) atoms. The zero-order valence-electron chi connectivity index (χ0n) is 13.6. The van der Waals surface area contributed by atoms with Crippen LogP contribution in [0.5, 0.6) is 0 Å². The average molecular weight is 276 g/mol. The minimum atomic E-state index is 0.153. The lowest BCUT2D eigenvalue weighted by Crippen LogP contribution is -2.15. The Morgan fingerprint density at radius 1 is 1.05 bits per heavy atom. The van der Waals surface area contributed by atoms with Gasteiger partial charge in [-0.15, -0.1) is 0 Å². The first kappa shape index (κ1) is 17.2. The normalized spacial score (nSPS) is 33.4. The predicted octanol–water partition coefficient (Wildman–Crippen LogP) is 5.57. The lowest BCUT2D eigenvalue weighted by Gasteiger charge is -2.25. The molecule has 1 nitrogen and oxygen atoms in total. The second-order valence-corrected chi connectivity index (χ2v) is 6.60. The van der Waals surface area contributed by atoms with Crippen molar-refractivity contribution in [2.75, 3.05) is 6.61 Å². The van der Waals surface area contributed by atoms with Crippen LogP contribution in [-0.2, 0) is 0 Å². The van der Waals surface area contributed by atoms with Crippen molar-refractivity contribution in [1.82, 2.24) is 0 Å². The minimum Gasteiger partial charge on any atom is -0.396 e. The molecule has 1 N–H and O–H groups in total. The first-order chi connectivity index (χ1) is 9.56. The van der Waals surface area contributed by atoms with Crippen LogP contribution >= 0.6 is 0 Å². The van der Waals surface area contributed by atoms with Gasteiger partial charge in [0.15, 0.2) is 0 Å². The van der Waals surface area contributed by atoms with Gasteiger partial charge in [-0.25, -0.2) is 0 Å². The third-order valence-electron chi connectivity index (χ3n) is 4.38. The van der Waals surface area contributed by atoms with Crippen molar-refractivity contribution < 1.29 is 5.11 Å². The molecule has 0 saturated carbocycles. The highest BCUT2D eigenvalue weighted by molar-refractivity contribution is 5.06. The lowest BCUT2D eigenvalue weighted by atomic mass is 9.81. The van der Waals surface area contributed by atoms with E-state index >= 15 is 0 Å². The first-order valence-corrected chi connectivity index (χ1v) is 8.15. The van der Waals surface area contributed by atoms with Crippen LogP contribution in [0.4, 0.5) is 0 Å². The average Bonchev–Trinajstić information content (AvgIpc) is 2.38. The van der Waals surface area contributed by atoms with E-state index in [-0.39, 0.29) is 12.0 Å². The molecule has 1 heteroatoms. The molecule has 0 spiro atoms. The van der Waals surface area contributed by atoms with Gasteiger partial charge < -0.3 is 5.11 Å². The minimum absolute atomic E-state index is 0.153. The van der Waals surface area contributed by atoms with Crippen LogP contribution in [0.3, 0.4) is 0 Å². The van der Waals surface area contributed by atoms with Gasteiger partial charge in [0.05, 0.1) is 0 Å². The van der Waals surface area contributed by atoms with Gasteiger partial charge in [0, 0.05) is 6.61 Å². The Morgan fingerprint density at radius 3 is 2.50 bits per heavy atom. The number of aliphatic hydroxyl groups excluding tert-OH is 1. The summed E-state index contributed by atoms with van der Waals surface area (Å²) in [4.78, 5) is 0. The number of hydrogen-bond donors (Lipinski definition) is 1. The van der Waals surface area contributed by atoms with Crippen LogP contribution in [0.2, 0.25) is 0 Å². The predicted molar refractivity (Wildman–Crippen MR) is 88.8 cm³/mol. The molecule has 0 aromatic heterocycles. The molecule has 0 amide bonds. The molecule has 0 aliphatic heterocycles. The maximum atomic E-state index is 9.28. The van der Waals surface area contributed by atoms with Gasteiger partial charge in [-0.1, -0.05) is 42.4 Å². The Morgan fingerprint density at radius 2 is 1.75 bits per heavy atom. The van der Waals surface area contributed by atoms with Gasteiger partial charge in [-0.2, -0.15) is 0 Å². The monoisotopic (exact) mass is 276 g/mol. The van der Waals surface area contributed by atoms with Crippen LogP contribution in [0.1, 0.15) is 72.1 Å². The van der Waals surface area contributed by atoms with Crippen LogP contribution < -0.4 is 0 Å². The maximum Gasteiger partial charge on any atom is 0.0439 e. The van der Waals surface area contributed by atoms with Crippen molar-refractivity contribution in [3.8, 4) is 0 Å². The van der Waals surface area contributed by atoms with E-state index < -0.39 is 0 Å². The highest BCUT2D eigenvalue weighted by Gasteiger charge is 2.19. The van der Waals surface area contributed by atoms with E-state index in [4.69, 9.17) is 0 Å². The molecule has 0 bridgehead atoms. The molecule has 1 atom stereocenters. The van der Waals surface area contributed by atoms with Gasteiger partial charge in [-0.05, 0) is 70.6 Å². The van der Waals surface area contributed by atoms with Crippen molar-refractivity contribution in [3.63, 3.8) is 0 Å². The number of hydrogen-bond acceptors (Lipinski definition) is 1. The molecule has 1 aliphatic rings. The van der Waals surface area contributed by atoms with E-state index in [9.17, 15) is 5.11 Å². The Kier molecular flexibility index (Phi) is 7.91. The quantitative estimate of drug-likeness (QED) is 0.654. The number of rotatable bonds is 2. The highest BCUT2D eigenvalue weighted by Crippen LogP contribution is 2.30. The SMILES string of the molecule is C/C1=C\CCC(C)(CCO)/C=C/CCC/C(C)=C/CC1. The first-order valence-electron chi connectivity index (χ1n) is 8.15.